The largest absolute Gasteiger partial charge is 0.315 e. The van der Waals surface area contributed by atoms with E-state index in [9.17, 15) is 0 Å². The molecule has 0 saturated carbocycles. The minimum absolute atomic E-state index is 0.381. The zero-order valence-electron chi connectivity index (χ0n) is 6.90. The second kappa shape index (κ2) is 5.28. The van der Waals surface area contributed by atoms with Crippen LogP contribution in [0.15, 0.2) is 33.6 Å². The van der Waals surface area contributed by atoms with Gasteiger partial charge in [0.1, 0.15) is 6.04 Å². The summed E-state index contributed by atoms with van der Waals surface area (Å²) in [7, 11) is 0. The standard InChI is InChI=1S/C9H9BrN2S/c10-7-1-3-9(4-2-7)13-6-8(12)5-11/h1-4,8H,6,12H2. The highest BCUT2D eigenvalue weighted by atomic mass is 79.9. The van der Waals surface area contributed by atoms with Crippen LogP contribution in [0.1, 0.15) is 0 Å². The van der Waals surface area contributed by atoms with Gasteiger partial charge in [-0.3, -0.25) is 0 Å². The Morgan fingerprint density at radius 1 is 1.46 bits per heavy atom. The Kier molecular flexibility index (Phi) is 4.29. The number of hydrogen-bond acceptors (Lipinski definition) is 3. The lowest BCUT2D eigenvalue weighted by molar-refractivity contribution is 0.953. The van der Waals surface area contributed by atoms with E-state index in [0.29, 0.717) is 5.75 Å². The first-order valence-corrected chi connectivity index (χ1v) is 5.54. The van der Waals surface area contributed by atoms with Crippen molar-refractivity contribution in [1.82, 2.24) is 0 Å². The molecule has 0 amide bonds. The van der Waals surface area contributed by atoms with Crippen LogP contribution >= 0.6 is 27.7 Å². The van der Waals surface area contributed by atoms with E-state index >= 15 is 0 Å². The van der Waals surface area contributed by atoms with Gasteiger partial charge in [0, 0.05) is 15.1 Å². The molecule has 1 aromatic rings. The zero-order valence-corrected chi connectivity index (χ0v) is 9.31. The van der Waals surface area contributed by atoms with E-state index in [-0.39, 0.29) is 6.04 Å². The van der Waals surface area contributed by atoms with Crippen molar-refractivity contribution in [3.63, 3.8) is 0 Å². The first kappa shape index (κ1) is 10.6. The van der Waals surface area contributed by atoms with Gasteiger partial charge in [0.2, 0.25) is 0 Å². The molecule has 2 N–H and O–H groups in total. The van der Waals surface area contributed by atoms with Crippen molar-refractivity contribution in [1.29, 1.82) is 5.26 Å². The third-order valence-corrected chi connectivity index (χ3v) is 3.07. The first-order valence-electron chi connectivity index (χ1n) is 3.76. The van der Waals surface area contributed by atoms with Gasteiger partial charge in [-0.1, -0.05) is 15.9 Å². The summed E-state index contributed by atoms with van der Waals surface area (Å²) in [6.45, 7) is 0. The Bertz CT molecular complexity index is 304. The van der Waals surface area contributed by atoms with Crippen molar-refractivity contribution in [2.24, 2.45) is 5.73 Å². The van der Waals surface area contributed by atoms with E-state index in [1.54, 1.807) is 11.8 Å². The molecule has 68 valence electrons. The van der Waals surface area contributed by atoms with Gasteiger partial charge in [0.25, 0.3) is 0 Å². The average Bonchev–Trinajstić information content (AvgIpc) is 2.16. The van der Waals surface area contributed by atoms with E-state index in [1.165, 1.54) is 0 Å². The van der Waals surface area contributed by atoms with Gasteiger partial charge >= 0.3 is 0 Å². The highest BCUT2D eigenvalue weighted by Crippen LogP contribution is 2.20. The second-order valence-electron chi connectivity index (χ2n) is 2.50. The van der Waals surface area contributed by atoms with Crippen LogP contribution in [0.5, 0.6) is 0 Å². The smallest absolute Gasteiger partial charge is 0.102 e. The van der Waals surface area contributed by atoms with Gasteiger partial charge in [-0.25, -0.2) is 0 Å². The molecule has 0 spiro atoms. The molecule has 4 heteroatoms. The normalized spacial score (nSPS) is 12.1. The van der Waals surface area contributed by atoms with Crippen LogP contribution in [0.3, 0.4) is 0 Å². The topological polar surface area (TPSA) is 49.8 Å². The third-order valence-electron chi connectivity index (χ3n) is 1.41. The van der Waals surface area contributed by atoms with Crippen LogP contribution in [0.2, 0.25) is 0 Å². The molecule has 0 saturated heterocycles. The van der Waals surface area contributed by atoms with Crippen LogP contribution in [0, 0.1) is 11.3 Å². The number of benzene rings is 1. The highest BCUT2D eigenvalue weighted by Gasteiger charge is 2.00. The molecule has 0 aliphatic heterocycles. The molecule has 1 atom stereocenters. The van der Waals surface area contributed by atoms with Crippen molar-refractivity contribution in [2.45, 2.75) is 10.9 Å². The minimum atomic E-state index is -0.381. The maximum Gasteiger partial charge on any atom is 0.102 e. The molecule has 13 heavy (non-hydrogen) atoms. The van der Waals surface area contributed by atoms with Gasteiger partial charge < -0.3 is 5.73 Å². The van der Waals surface area contributed by atoms with Crippen molar-refractivity contribution in [3.05, 3.63) is 28.7 Å². The van der Waals surface area contributed by atoms with E-state index in [0.717, 1.165) is 9.37 Å². The first-order chi connectivity index (χ1) is 6.22. The van der Waals surface area contributed by atoms with Gasteiger partial charge in [-0.15, -0.1) is 11.8 Å². The summed E-state index contributed by atoms with van der Waals surface area (Å²) in [5.41, 5.74) is 5.46. The molecule has 0 aliphatic rings. The number of thioether (sulfide) groups is 1. The number of rotatable bonds is 3. The Hall–Kier alpha value is -0.500. The molecule has 2 nitrogen and oxygen atoms in total. The van der Waals surface area contributed by atoms with Gasteiger partial charge in [0.15, 0.2) is 0 Å². The summed E-state index contributed by atoms with van der Waals surface area (Å²) < 4.78 is 1.06. The van der Waals surface area contributed by atoms with Gasteiger partial charge in [-0.2, -0.15) is 5.26 Å². The summed E-state index contributed by atoms with van der Waals surface area (Å²) >= 11 is 4.95. The molecule has 0 radical (unpaired) electrons. The Morgan fingerprint density at radius 3 is 2.62 bits per heavy atom. The quantitative estimate of drug-likeness (QED) is 0.846. The zero-order chi connectivity index (χ0) is 9.68. The average molecular weight is 257 g/mol. The summed E-state index contributed by atoms with van der Waals surface area (Å²) in [6.07, 6.45) is 0. The van der Waals surface area contributed by atoms with Crippen LogP contribution in [-0.2, 0) is 0 Å². The lowest BCUT2D eigenvalue weighted by Gasteiger charge is -2.02. The molecule has 0 fully saturated rings. The minimum Gasteiger partial charge on any atom is -0.315 e. The summed E-state index contributed by atoms with van der Waals surface area (Å²) in [5, 5.41) is 8.46. The van der Waals surface area contributed by atoms with Crippen molar-refractivity contribution in [3.8, 4) is 6.07 Å². The molecular formula is C9H9BrN2S. The number of nitrogens with two attached hydrogens (primary N) is 1. The predicted octanol–water partition coefficient (Wildman–Crippen LogP) is 2.39. The van der Waals surface area contributed by atoms with Crippen molar-refractivity contribution in [2.75, 3.05) is 5.75 Å². The van der Waals surface area contributed by atoms with Gasteiger partial charge in [0.05, 0.1) is 6.07 Å². The molecule has 1 unspecified atom stereocenters. The molecule has 0 bridgehead atoms. The van der Waals surface area contributed by atoms with Crippen molar-refractivity contribution >= 4 is 27.7 Å². The van der Waals surface area contributed by atoms with Crippen LogP contribution in [-0.4, -0.2) is 11.8 Å². The SMILES string of the molecule is N#CC(N)CSc1ccc(Br)cc1. The molecule has 0 aliphatic carbocycles. The van der Waals surface area contributed by atoms with Crippen LogP contribution in [0.25, 0.3) is 0 Å². The number of hydrogen-bond donors (Lipinski definition) is 1. The molecule has 0 heterocycles. The Balaban J connectivity index is 2.47. The molecular weight excluding hydrogens is 248 g/mol. The van der Waals surface area contributed by atoms with Crippen LogP contribution < -0.4 is 5.73 Å². The van der Waals surface area contributed by atoms with E-state index in [1.807, 2.05) is 30.3 Å². The number of nitriles is 1. The van der Waals surface area contributed by atoms with E-state index < -0.39 is 0 Å². The van der Waals surface area contributed by atoms with Gasteiger partial charge in [-0.05, 0) is 24.3 Å². The number of nitrogens with zero attached hydrogens (tertiary/aromatic N) is 1. The lowest BCUT2D eigenvalue weighted by atomic mass is 10.4. The van der Waals surface area contributed by atoms with E-state index in [2.05, 4.69) is 15.9 Å². The summed E-state index contributed by atoms with van der Waals surface area (Å²) in [5.74, 6) is 0.637. The maximum atomic E-state index is 8.46. The summed E-state index contributed by atoms with van der Waals surface area (Å²) in [6, 6.07) is 9.56. The fraction of sp³-hybridized carbons (Fsp3) is 0.222. The second-order valence-corrected chi connectivity index (χ2v) is 4.51. The maximum absolute atomic E-state index is 8.46. The van der Waals surface area contributed by atoms with Crippen molar-refractivity contribution < 1.29 is 0 Å². The van der Waals surface area contributed by atoms with E-state index in [4.69, 9.17) is 11.0 Å². The predicted molar refractivity (Wildman–Crippen MR) is 58.5 cm³/mol. The Morgan fingerprint density at radius 2 is 2.08 bits per heavy atom. The fourth-order valence-electron chi connectivity index (χ4n) is 0.754. The fourth-order valence-corrected chi connectivity index (χ4v) is 1.79. The third kappa shape index (κ3) is 3.81. The summed E-state index contributed by atoms with van der Waals surface area (Å²) in [4.78, 5) is 1.13. The molecule has 1 rings (SSSR count). The lowest BCUT2D eigenvalue weighted by Crippen LogP contribution is -2.19. The monoisotopic (exact) mass is 256 g/mol. The molecule has 1 aromatic carbocycles. The molecule has 0 aromatic heterocycles. The highest BCUT2D eigenvalue weighted by molar-refractivity contribution is 9.10. The van der Waals surface area contributed by atoms with Crippen LogP contribution in [0.4, 0.5) is 0 Å². The number of halogens is 1. The Labute approximate surface area is 90.2 Å².